The fourth-order valence-corrected chi connectivity index (χ4v) is 2.97. The lowest BCUT2D eigenvalue weighted by atomic mass is 9.91. The minimum absolute atomic E-state index is 0.0870. The summed E-state index contributed by atoms with van der Waals surface area (Å²) in [5, 5.41) is 0. The third-order valence-corrected chi connectivity index (χ3v) is 3.67. The van der Waals surface area contributed by atoms with Gasteiger partial charge in [0.1, 0.15) is 0 Å². The highest BCUT2D eigenvalue weighted by atomic mass is 16.2. The average Bonchev–Trinajstić information content (AvgIpc) is 2.27. The summed E-state index contributed by atoms with van der Waals surface area (Å²) in [6.45, 7) is 8.04. The molecule has 98 valence electrons. The SMILES string of the molecule is Cc1cccc(N)c1C(=O)N1CC(C)CC(C)C1. The first-order valence-corrected chi connectivity index (χ1v) is 6.63. The first kappa shape index (κ1) is 12.9. The molecule has 1 aromatic rings. The highest BCUT2D eigenvalue weighted by Crippen LogP contribution is 2.25. The molecule has 0 spiro atoms. The van der Waals surface area contributed by atoms with Gasteiger partial charge in [-0.3, -0.25) is 4.79 Å². The van der Waals surface area contributed by atoms with Crippen molar-refractivity contribution in [1.29, 1.82) is 0 Å². The molecule has 1 saturated heterocycles. The third kappa shape index (κ3) is 2.50. The summed E-state index contributed by atoms with van der Waals surface area (Å²) < 4.78 is 0. The Balaban J connectivity index is 2.26. The van der Waals surface area contributed by atoms with E-state index < -0.39 is 0 Å². The van der Waals surface area contributed by atoms with E-state index in [4.69, 9.17) is 5.73 Å². The second-order valence-electron chi connectivity index (χ2n) is 5.70. The summed E-state index contributed by atoms with van der Waals surface area (Å²) in [5.74, 6) is 1.23. The van der Waals surface area contributed by atoms with Crippen LogP contribution in [0.5, 0.6) is 0 Å². The molecule has 1 aromatic carbocycles. The van der Waals surface area contributed by atoms with Crippen LogP contribution in [0.4, 0.5) is 5.69 Å². The van der Waals surface area contributed by atoms with E-state index >= 15 is 0 Å². The Morgan fingerprint density at radius 1 is 1.28 bits per heavy atom. The first-order chi connectivity index (χ1) is 8.49. The monoisotopic (exact) mass is 246 g/mol. The molecule has 1 heterocycles. The summed E-state index contributed by atoms with van der Waals surface area (Å²) in [6.07, 6.45) is 1.20. The van der Waals surface area contributed by atoms with Gasteiger partial charge in [0.15, 0.2) is 0 Å². The maximum Gasteiger partial charge on any atom is 0.256 e. The van der Waals surface area contributed by atoms with E-state index in [9.17, 15) is 4.79 Å². The van der Waals surface area contributed by atoms with Crippen molar-refractivity contribution in [1.82, 2.24) is 4.90 Å². The van der Waals surface area contributed by atoms with Crippen LogP contribution in [-0.2, 0) is 0 Å². The Hall–Kier alpha value is -1.51. The molecule has 1 fully saturated rings. The number of likely N-dealkylation sites (tertiary alicyclic amines) is 1. The van der Waals surface area contributed by atoms with E-state index in [1.165, 1.54) is 6.42 Å². The van der Waals surface area contributed by atoms with Gasteiger partial charge in [-0.1, -0.05) is 26.0 Å². The van der Waals surface area contributed by atoms with Gasteiger partial charge in [0.05, 0.1) is 5.56 Å². The van der Waals surface area contributed by atoms with Crippen LogP contribution in [0.15, 0.2) is 18.2 Å². The molecule has 2 rings (SSSR count). The van der Waals surface area contributed by atoms with Crippen LogP contribution < -0.4 is 5.73 Å². The van der Waals surface area contributed by atoms with Crippen LogP contribution in [0, 0.1) is 18.8 Å². The number of rotatable bonds is 1. The molecule has 0 bridgehead atoms. The number of hydrogen-bond acceptors (Lipinski definition) is 2. The van der Waals surface area contributed by atoms with Crippen LogP contribution in [0.1, 0.15) is 36.2 Å². The number of nitrogens with zero attached hydrogens (tertiary/aromatic N) is 1. The molecule has 3 heteroatoms. The molecule has 1 aliphatic heterocycles. The van der Waals surface area contributed by atoms with Gasteiger partial charge in [-0.25, -0.2) is 0 Å². The van der Waals surface area contributed by atoms with E-state index in [0.717, 1.165) is 18.7 Å². The van der Waals surface area contributed by atoms with Crippen molar-refractivity contribution >= 4 is 11.6 Å². The molecule has 0 saturated carbocycles. The van der Waals surface area contributed by atoms with Gasteiger partial charge in [0.2, 0.25) is 0 Å². The number of benzene rings is 1. The van der Waals surface area contributed by atoms with Crippen molar-refractivity contribution in [3.63, 3.8) is 0 Å². The number of nitrogen functional groups attached to an aromatic ring is 1. The van der Waals surface area contributed by atoms with Crippen molar-refractivity contribution < 1.29 is 4.79 Å². The second-order valence-corrected chi connectivity index (χ2v) is 5.70. The lowest BCUT2D eigenvalue weighted by Gasteiger charge is -2.35. The van der Waals surface area contributed by atoms with Gasteiger partial charge < -0.3 is 10.6 Å². The maximum atomic E-state index is 12.6. The van der Waals surface area contributed by atoms with Gasteiger partial charge in [0.25, 0.3) is 5.91 Å². The lowest BCUT2D eigenvalue weighted by molar-refractivity contribution is 0.0623. The topological polar surface area (TPSA) is 46.3 Å². The average molecular weight is 246 g/mol. The Labute approximate surface area is 109 Å². The van der Waals surface area contributed by atoms with Crippen LogP contribution in [0.25, 0.3) is 0 Å². The molecule has 18 heavy (non-hydrogen) atoms. The Bertz CT molecular complexity index is 426. The fraction of sp³-hybridized carbons (Fsp3) is 0.533. The van der Waals surface area contributed by atoms with Crippen LogP contribution >= 0.6 is 0 Å². The van der Waals surface area contributed by atoms with Crippen LogP contribution in [0.3, 0.4) is 0 Å². The quantitative estimate of drug-likeness (QED) is 0.774. The second kappa shape index (κ2) is 5.01. The summed E-state index contributed by atoms with van der Waals surface area (Å²) in [6, 6.07) is 5.64. The number of hydrogen-bond donors (Lipinski definition) is 1. The molecule has 0 aromatic heterocycles. The number of amides is 1. The van der Waals surface area contributed by atoms with Crippen LogP contribution in [-0.4, -0.2) is 23.9 Å². The van der Waals surface area contributed by atoms with Gasteiger partial charge in [-0.05, 0) is 36.8 Å². The largest absolute Gasteiger partial charge is 0.398 e. The van der Waals surface area contributed by atoms with E-state index in [-0.39, 0.29) is 5.91 Å². The molecule has 3 nitrogen and oxygen atoms in total. The Morgan fingerprint density at radius 3 is 2.44 bits per heavy atom. The van der Waals surface area contributed by atoms with E-state index in [0.29, 0.717) is 23.1 Å². The standard InChI is InChI=1S/C15H22N2O/c1-10-7-11(2)9-17(8-10)15(18)14-12(3)5-4-6-13(14)16/h4-6,10-11H,7-9,16H2,1-3H3. The van der Waals surface area contributed by atoms with Crippen molar-refractivity contribution in [3.05, 3.63) is 29.3 Å². The Morgan fingerprint density at radius 2 is 1.89 bits per heavy atom. The van der Waals surface area contributed by atoms with E-state index in [1.54, 1.807) is 6.07 Å². The van der Waals surface area contributed by atoms with Gasteiger partial charge >= 0.3 is 0 Å². The molecule has 1 amide bonds. The van der Waals surface area contributed by atoms with Crippen molar-refractivity contribution in [2.45, 2.75) is 27.2 Å². The first-order valence-electron chi connectivity index (χ1n) is 6.63. The molecule has 2 atom stereocenters. The summed E-state index contributed by atoms with van der Waals surface area (Å²) in [4.78, 5) is 14.5. The molecule has 1 aliphatic rings. The summed E-state index contributed by atoms with van der Waals surface area (Å²) in [5.41, 5.74) is 8.18. The number of anilines is 1. The third-order valence-electron chi connectivity index (χ3n) is 3.67. The number of carbonyl (C=O) groups excluding carboxylic acids is 1. The zero-order valence-corrected chi connectivity index (χ0v) is 11.4. The normalized spacial score (nSPS) is 24.1. The smallest absolute Gasteiger partial charge is 0.256 e. The van der Waals surface area contributed by atoms with E-state index in [2.05, 4.69) is 13.8 Å². The zero-order chi connectivity index (χ0) is 13.3. The van der Waals surface area contributed by atoms with Crippen molar-refractivity contribution in [3.8, 4) is 0 Å². The Kier molecular flexibility index (Phi) is 3.60. The fourth-order valence-electron chi connectivity index (χ4n) is 2.97. The molecular weight excluding hydrogens is 224 g/mol. The molecular formula is C15H22N2O. The number of nitrogens with two attached hydrogens (primary N) is 1. The van der Waals surface area contributed by atoms with Crippen LogP contribution in [0.2, 0.25) is 0 Å². The molecule has 2 unspecified atom stereocenters. The summed E-state index contributed by atoms with van der Waals surface area (Å²) >= 11 is 0. The molecule has 2 N–H and O–H groups in total. The van der Waals surface area contributed by atoms with Gasteiger partial charge in [0, 0.05) is 18.8 Å². The highest BCUT2D eigenvalue weighted by Gasteiger charge is 2.27. The predicted octanol–water partition coefficient (Wildman–Crippen LogP) is 2.70. The summed E-state index contributed by atoms with van der Waals surface area (Å²) in [7, 11) is 0. The minimum Gasteiger partial charge on any atom is -0.398 e. The van der Waals surface area contributed by atoms with Gasteiger partial charge in [-0.2, -0.15) is 0 Å². The van der Waals surface area contributed by atoms with Crippen molar-refractivity contribution in [2.75, 3.05) is 18.8 Å². The zero-order valence-electron chi connectivity index (χ0n) is 11.4. The highest BCUT2D eigenvalue weighted by molar-refractivity contribution is 6.00. The molecule has 0 aliphatic carbocycles. The number of aryl methyl sites for hydroxylation is 1. The minimum atomic E-state index is 0.0870. The lowest BCUT2D eigenvalue weighted by Crippen LogP contribution is -2.43. The van der Waals surface area contributed by atoms with Gasteiger partial charge in [-0.15, -0.1) is 0 Å². The van der Waals surface area contributed by atoms with Crippen molar-refractivity contribution in [2.24, 2.45) is 11.8 Å². The van der Waals surface area contributed by atoms with E-state index in [1.807, 2.05) is 24.0 Å². The molecule has 0 radical (unpaired) electrons. The number of carbonyl (C=O) groups is 1. The number of piperidine rings is 1. The maximum absolute atomic E-state index is 12.6. The predicted molar refractivity (Wildman–Crippen MR) is 74.4 cm³/mol.